The first-order chi connectivity index (χ1) is 11.9. The normalized spacial score (nSPS) is 17.0. The van der Waals surface area contributed by atoms with Crippen LogP contribution in [0.2, 0.25) is 0 Å². The number of likely N-dealkylation sites (N-methyl/N-ethyl adjacent to an activating group) is 1. The van der Waals surface area contributed by atoms with Crippen molar-refractivity contribution in [3.63, 3.8) is 0 Å². The fraction of sp³-hybridized carbons (Fsp3) is 0.619. The van der Waals surface area contributed by atoms with E-state index in [1.807, 2.05) is 50.9 Å². The van der Waals surface area contributed by atoms with Gasteiger partial charge in [-0.25, -0.2) is 0 Å². The summed E-state index contributed by atoms with van der Waals surface area (Å²) >= 11 is 0. The molecule has 0 spiro atoms. The van der Waals surface area contributed by atoms with Gasteiger partial charge in [-0.1, -0.05) is 57.2 Å². The molecule has 4 heteroatoms. The molecule has 1 fully saturated rings. The van der Waals surface area contributed by atoms with E-state index < -0.39 is 6.04 Å². The molecule has 0 radical (unpaired) electrons. The van der Waals surface area contributed by atoms with Crippen molar-refractivity contribution in [2.24, 2.45) is 5.92 Å². The SMILES string of the molecule is Cc1cccc(C(=O)N[C@H](C(=O)N(C)C2CCCCCC2)C(C)C)c1. The summed E-state index contributed by atoms with van der Waals surface area (Å²) in [6.45, 7) is 5.93. The first-order valence-electron chi connectivity index (χ1n) is 9.54. The van der Waals surface area contributed by atoms with Gasteiger partial charge in [0.25, 0.3) is 5.91 Å². The molecule has 1 aromatic rings. The highest BCUT2D eigenvalue weighted by atomic mass is 16.2. The first-order valence-corrected chi connectivity index (χ1v) is 9.54. The van der Waals surface area contributed by atoms with Crippen LogP contribution in [0, 0.1) is 12.8 Å². The van der Waals surface area contributed by atoms with Gasteiger partial charge in [-0.15, -0.1) is 0 Å². The van der Waals surface area contributed by atoms with E-state index in [0.29, 0.717) is 11.6 Å². The fourth-order valence-electron chi connectivity index (χ4n) is 3.57. The van der Waals surface area contributed by atoms with Gasteiger partial charge in [0.15, 0.2) is 0 Å². The van der Waals surface area contributed by atoms with E-state index in [9.17, 15) is 9.59 Å². The summed E-state index contributed by atoms with van der Waals surface area (Å²) in [4.78, 5) is 27.5. The van der Waals surface area contributed by atoms with Gasteiger partial charge in [0.1, 0.15) is 6.04 Å². The molecule has 0 aromatic heterocycles. The van der Waals surface area contributed by atoms with Crippen molar-refractivity contribution in [3.05, 3.63) is 35.4 Å². The third kappa shape index (κ3) is 5.32. The Bertz CT molecular complexity index is 589. The van der Waals surface area contributed by atoms with Crippen molar-refractivity contribution in [2.75, 3.05) is 7.05 Å². The van der Waals surface area contributed by atoms with Crippen molar-refractivity contribution >= 4 is 11.8 Å². The van der Waals surface area contributed by atoms with Gasteiger partial charge in [0.2, 0.25) is 5.91 Å². The van der Waals surface area contributed by atoms with Crippen molar-refractivity contribution in [1.29, 1.82) is 0 Å². The van der Waals surface area contributed by atoms with Crippen LogP contribution in [0.25, 0.3) is 0 Å². The van der Waals surface area contributed by atoms with Crippen LogP contribution < -0.4 is 5.32 Å². The molecule has 25 heavy (non-hydrogen) atoms. The third-order valence-corrected chi connectivity index (χ3v) is 5.22. The zero-order valence-corrected chi connectivity index (χ0v) is 16.0. The summed E-state index contributed by atoms with van der Waals surface area (Å²) in [7, 11) is 1.90. The predicted octanol–water partition coefficient (Wildman–Crippen LogP) is 3.93. The highest BCUT2D eigenvalue weighted by molar-refractivity contribution is 5.97. The highest BCUT2D eigenvalue weighted by Crippen LogP contribution is 2.22. The number of amides is 2. The lowest BCUT2D eigenvalue weighted by Crippen LogP contribution is -2.52. The molecule has 4 nitrogen and oxygen atoms in total. The minimum Gasteiger partial charge on any atom is -0.341 e. The Hall–Kier alpha value is -1.84. The van der Waals surface area contributed by atoms with E-state index in [1.165, 1.54) is 25.7 Å². The topological polar surface area (TPSA) is 49.4 Å². The molecule has 1 aliphatic carbocycles. The Kier molecular flexibility index (Phi) is 7.03. The van der Waals surface area contributed by atoms with Crippen molar-refractivity contribution in [1.82, 2.24) is 10.2 Å². The van der Waals surface area contributed by atoms with E-state index in [2.05, 4.69) is 5.32 Å². The van der Waals surface area contributed by atoms with E-state index in [4.69, 9.17) is 0 Å². The van der Waals surface area contributed by atoms with Gasteiger partial charge >= 0.3 is 0 Å². The number of rotatable bonds is 5. The molecule has 0 bridgehead atoms. The molecule has 0 unspecified atom stereocenters. The van der Waals surface area contributed by atoms with Crippen LogP contribution in [0.4, 0.5) is 0 Å². The standard InChI is InChI=1S/C21H32N2O2/c1-15(2)19(22-20(24)17-11-9-10-16(3)14-17)21(25)23(4)18-12-7-5-6-8-13-18/h9-11,14-15,18-19H,5-8,12-13H2,1-4H3,(H,22,24)/t19-/m0/s1. The smallest absolute Gasteiger partial charge is 0.251 e. The number of hydrogen-bond acceptors (Lipinski definition) is 2. The molecule has 1 aliphatic rings. The summed E-state index contributed by atoms with van der Waals surface area (Å²) in [6, 6.07) is 7.29. The highest BCUT2D eigenvalue weighted by Gasteiger charge is 2.30. The fourth-order valence-corrected chi connectivity index (χ4v) is 3.57. The summed E-state index contributed by atoms with van der Waals surface area (Å²) < 4.78 is 0. The number of benzene rings is 1. The predicted molar refractivity (Wildman–Crippen MR) is 102 cm³/mol. The average molecular weight is 344 g/mol. The number of nitrogens with zero attached hydrogens (tertiary/aromatic N) is 1. The van der Waals surface area contributed by atoms with Crippen LogP contribution in [-0.4, -0.2) is 35.8 Å². The van der Waals surface area contributed by atoms with Crippen LogP contribution in [0.15, 0.2) is 24.3 Å². The molecule has 2 amide bonds. The summed E-state index contributed by atoms with van der Waals surface area (Å²) in [6.07, 6.45) is 7.03. The first kappa shape index (κ1) is 19.5. The molecule has 1 saturated carbocycles. The maximum Gasteiger partial charge on any atom is 0.251 e. The molecule has 0 heterocycles. The van der Waals surface area contributed by atoms with E-state index in [1.54, 1.807) is 6.07 Å². The van der Waals surface area contributed by atoms with E-state index in [0.717, 1.165) is 18.4 Å². The summed E-state index contributed by atoms with van der Waals surface area (Å²) in [5, 5.41) is 2.97. The van der Waals surface area contributed by atoms with Crippen LogP contribution in [0.1, 0.15) is 68.3 Å². The van der Waals surface area contributed by atoms with E-state index >= 15 is 0 Å². The molecule has 2 rings (SSSR count). The second-order valence-electron chi connectivity index (χ2n) is 7.66. The van der Waals surface area contributed by atoms with Crippen LogP contribution in [0.5, 0.6) is 0 Å². The Morgan fingerprint density at radius 1 is 1.12 bits per heavy atom. The molecule has 0 saturated heterocycles. The lowest BCUT2D eigenvalue weighted by molar-refractivity contribution is -0.135. The monoisotopic (exact) mass is 344 g/mol. The van der Waals surface area contributed by atoms with Crippen molar-refractivity contribution in [3.8, 4) is 0 Å². The number of hydrogen-bond donors (Lipinski definition) is 1. The van der Waals surface area contributed by atoms with Crippen molar-refractivity contribution in [2.45, 2.75) is 71.4 Å². The number of aryl methyl sites for hydroxylation is 1. The van der Waals surface area contributed by atoms with Crippen LogP contribution in [-0.2, 0) is 4.79 Å². The minimum atomic E-state index is -0.485. The van der Waals surface area contributed by atoms with Crippen LogP contribution >= 0.6 is 0 Å². The summed E-state index contributed by atoms with van der Waals surface area (Å²) in [5.41, 5.74) is 1.64. The Morgan fingerprint density at radius 2 is 1.76 bits per heavy atom. The van der Waals surface area contributed by atoms with Crippen LogP contribution in [0.3, 0.4) is 0 Å². The molecule has 1 N–H and O–H groups in total. The van der Waals surface area contributed by atoms with Gasteiger partial charge in [-0.2, -0.15) is 0 Å². The molecule has 0 aliphatic heterocycles. The number of carbonyl (C=O) groups excluding carboxylic acids is 2. The van der Waals surface area contributed by atoms with Gasteiger partial charge in [0, 0.05) is 18.7 Å². The zero-order chi connectivity index (χ0) is 18.4. The van der Waals surface area contributed by atoms with Crippen molar-refractivity contribution < 1.29 is 9.59 Å². The maximum atomic E-state index is 13.0. The largest absolute Gasteiger partial charge is 0.341 e. The average Bonchev–Trinajstić information content (AvgIpc) is 2.87. The molecule has 1 aromatic carbocycles. The number of carbonyl (C=O) groups is 2. The Labute approximate surface area is 152 Å². The minimum absolute atomic E-state index is 0.0305. The Balaban J connectivity index is 2.08. The zero-order valence-electron chi connectivity index (χ0n) is 16.0. The molecule has 1 atom stereocenters. The molecular formula is C21H32N2O2. The maximum absolute atomic E-state index is 13.0. The quantitative estimate of drug-likeness (QED) is 0.823. The third-order valence-electron chi connectivity index (χ3n) is 5.22. The summed E-state index contributed by atoms with van der Waals surface area (Å²) in [5.74, 6) is -0.0950. The number of nitrogens with one attached hydrogen (secondary N) is 1. The van der Waals surface area contributed by atoms with Gasteiger partial charge in [0.05, 0.1) is 0 Å². The second-order valence-corrected chi connectivity index (χ2v) is 7.66. The van der Waals surface area contributed by atoms with Gasteiger partial charge < -0.3 is 10.2 Å². The second kappa shape index (κ2) is 9.02. The van der Waals surface area contributed by atoms with E-state index in [-0.39, 0.29) is 17.7 Å². The lowest BCUT2D eigenvalue weighted by Gasteiger charge is -2.32. The van der Waals surface area contributed by atoms with Gasteiger partial charge in [-0.3, -0.25) is 9.59 Å². The lowest BCUT2D eigenvalue weighted by atomic mass is 9.99. The molecule has 138 valence electrons. The van der Waals surface area contributed by atoms with Gasteiger partial charge in [-0.05, 0) is 37.8 Å². The Morgan fingerprint density at radius 3 is 2.32 bits per heavy atom. The molecular weight excluding hydrogens is 312 g/mol.